The zero-order valence-electron chi connectivity index (χ0n) is 11.6. The van der Waals surface area contributed by atoms with Crippen LogP contribution in [0.1, 0.15) is 19.8 Å². The first kappa shape index (κ1) is 16.0. The van der Waals surface area contributed by atoms with Gasteiger partial charge in [0, 0.05) is 12.2 Å². The van der Waals surface area contributed by atoms with Gasteiger partial charge in [-0.3, -0.25) is 4.79 Å². The zero-order chi connectivity index (χ0) is 14.8. The van der Waals surface area contributed by atoms with Crippen molar-refractivity contribution in [2.45, 2.75) is 25.9 Å². The van der Waals surface area contributed by atoms with E-state index in [2.05, 4.69) is 16.0 Å². The molecule has 0 fully saturated rings. The molecule has 1 unspecified atom stereocenters. The smallest absolute Gasteiger partial charge is 0.319 e. The third-order valence-electron chi connectivity index (χ3n) is 2.56. The minimum atomic E-state index is -0.421. The maximum absolute atomic E-state index is 11.5. The standard InChI is InChI=1S/C14H21N3O3/c1-11(18)6-5-9-15-13(19)10-16-14(20)17-12-7-3-2-4-8-12/h2-4,7-8,11,18H,5-6,9-10H2,1H3,(H,15,19)(H2,16,17,20). The number of hydrogen-bond acceptors (Lipinski definition) is 3. The third kappa shape index (κ3) is 7.38. The van der Waals surface area contributed by atoms with Gasteiger partial charge in [0.2, 0.25) is 5.91 Å². The summed E-state index contributed by atoms with van der Waals surface area (Å²) in [5.74, 6) is -0.251. The van der Waals surface area contributed by atoms with Crippen molar-refractivity contribution in [1.82, 2.24) is 10.6 Å². The Labute approximate surface area is 118 Å². The summed E-state index contributed by atoms with van der Waals surface area (Å²) in [7, 11) is 0. The normalized spacial score (nSPS) is 11.5. The molecule has 0 saturated heterocycles. The number of amides is 3. The largest absolute Gasteiger partial charge is 0.393 e. The van der Waals surface area contributed by atoms with Gasteiger partial charge in [-0.05, 0) is 31.9 Å². The average Bonchev–Trinajstić information content (AvgIpc) is 2.42. The predicted molar refractivity (Wildman–Crippen MR) is 77.4 cm³/mol. The topological polar surface area (TPSA) is 90.5 Å². The van der Waals surface area contributed by atoms with E-state index in [9.17, 15) is 9.59 Å². The Bertz CT molecular complexity index is 421. The lowest BCUT2D eigenvalue weighted by atomic mass is 10.2. The van der Waals surface area contributed by atoms with Crippen molar-refractivity contribution in [3.8, 4) is 0 Å². The van der Waals surface area contributed by atoms with Gasteiger partial charge in [0.1, 0.15) is 0 Å². The van der Waals surface area contributed by atoms with Crippen molar-refractivity contribution in [3.63, 3.8) is 0 Å². The van der Waals surface area contributed by atoms with E-state index in [1.165, 1.54) is 0 Å². The molecule has 0 radical (unpaired) electrons. The summed E-state index contributed by atoms with van der Waals surface area (Å²) in [6.45, 7) is 2.12. The number of anilines is 1. The SMILES string of the molecule is CC(O)CCCNC(=O)CNC(=O)Nc1ccccc1. The van der Waals surface area contributed by atoms with Crippen LogP contribution in [0.15, 0.2) is 30.3 Å². The van der Waals surface area contributed by atoms with Crippen LogP contribution < -0.4 is 16.0 Å². The fourth-order valence-electron chi connectivity index (χ4n) is 1.55. The first-order chi connectivity index (χ1) is 9.58. The fraction of sp³-hybridized carbons (Fsp3) is 0.429. The first-order valence-electron chi connectivity index (χ1n) is 6.62. The Balaban J connectivity index is 2.13. The second-order valence-corrected chi connectivity index (χ2v) is 4.51. The maximum atomic E-state index is 11.5. The molecule has 0 bridgehead atoms. The van der Waals surface area contributed by atoms with E-state index in [4.69, 9.17) is 5.11 Å². The monoisotopic (exact) mass is 279 g/mol. The molecule has 3 amide bonds. The number of aliphatic hydroxyl groups excluding tert-OH is 1. The van der Waals surface area contributed by atoms with E-state index >= 15 is 0 Å². The van der Waals surface area contributed by atoms with Gasteiger partial charge in [-0.2, -0.15) is 0 Å². The molecule has 0 heterocycles. The highest BCUT2D eigenvalue weighted by Gasteiger charge is 2.05. The van der Waals surface area contributed by atoms with Crippen molar-refractivity contribution in [2.75, 3.05) is 18.4 Å². The van der Waals surface area contributed by atoms with Gasteiger partial charge in [-0.1, -0.05) is 18.2 Å². The van der Waals surface area contributed by atoms with Crippen molar-refractivity contribution in [2.24, 2.45) is 0 Å². The second kappa shape index (κ2) is 8.92. The minimum Gasteiger partial charge on any atom is -0.393 e. The van der Waals surface area contributed by atoms with Crippen LogP contribution in [0.2, 0.25) is 0 Å². The molecule has 1 aromatic rings. The number of rotatable bonds is 7. The molecule has 6 nitrogen and oxygen atoms in total. The number of carbonyl (C=O) groups excluding carboxylic acids is 2. The molecule has 6 heteroatoms. The minimum absolute atomic E-state index is 0.0760. The van der Waals surface area contributed by atoms with E-state index in [0.29, 0.717) is 25.1 Å². The molecule has 4 N–H and O–H groups in total. The van der Waals surface area contributed by atoms with Crippen LogP contribution in [0.5, 0.6) is 0 Å². The summed E-state index contributed by atoms with van der Waals surface area (Å²) in [4.78, 5) is 22.9. The van der Waals surface area contributed by atoms with E-state index in [-0.39, 0.29) is 18.6 Å². The number of aliphatic hydroxyl groups is 1. The van der Waals surface area contributed by atoms with E-state index in [1.807, 2.05) is 18.2 Å². The molecule has 0 aromatic heterocycles. The summed E-state index contributed by atoms with van der Waals surface area (Å²) in [5, 5.41) is 16.8. The molecule has 1 atom stereocenters. The van der Waals surface area contributed by atoms with Gasteiger partial charge in [-0.15, -0.1) is 0 Å². The number of hydrogen-bond donors (Lipinski definition) is 4. The summed E-state index contributed by atoms with van der Waals surface area (Å²) >= 11 is 0. The van der Waals surface area contributed by atoms with Gasteiger partial charge >= 0.3 is 6.03 Å². The van der Waals surface area contributed by atoms with Gasteiger partial charge in [0.15, 0.2) is 0 Å². The molecule has 0 saturated carbocycles. The van der Waals surface area contributed by atoms with Gasteiger partial charge in [-0.25, -0.2) is 4.79 Å². The van der Waals surface area contributed by atoms with Crippen LogP contribution in [-0.2, 0) is 4.79 Å². The van der Waals surface area contributed by atoms with Crippen LogP contribution in [-0.4, -0.2) is 36.2 Å². The highest BCUT2D eigenvalue weighted by molar-refractivity contribution is 5.92. The number of benzene rings is 1. The highest BCUT2D eigenvalue weighted by atomic mass is 16.3. The lowest BCUT2D eigenvalue weighted by molar-refractivity contribution is -0.120. The summed E-state index contributed by atoms with van der Waals surface area (Å²) in [6.07, 6.45) is 0.989. The first-order valence-corrected chi connectivity index (χ1v) is 6.62. The van der Waals surface area contributed by atoms with E-state index in [0.717, 1.165) is 0 Å². The van der Waals surface area contributed by atoms with Crippen LogP contribution in [0.3, 0.4) is 0 Å². The van der Waals surface area contributed by atoms with E-state index < -0.39 is 6.03 Å². The van der Waals surface area contributed by atoms with Crippen LogP contribution in [0.25, 0.3) is 0 Å². The summed E-state index contributed by atoms with van der Waals surface area (Å²) in [6, 6.07) is 8.57. The predicted octanol–water partition coefficient (Wildman–Crippen LogP) is 1.09. The quantitative estimate of drug-likeness (QED) is 0.563. The molecule has 0 aliphatic rings. The molecular weight excluding hydrogens is 258 g/mol. The van der Waals surface area contributed by atoms with Crippen molar-refractivity contribution in [3.05, 3.63) is 30.3 Å². The Kier molecular flexibility index (Phi) is 7.13. The van der Waals surface area contributed by atoms with Crippen LogP contribution >= 0.6 is 0 Å². The van der Waals surface area contributed by atoms with Crippen molar-refractivity contribution in [1.29, 1.82) is 0 Å². The molecule has 1 rings (SSSR count). The number of nitrogens with one attached hydrogen (secondary N) is 3. The Morgan fingerprint density at radius 2 is 1.90 bits per heavy atom. The molecule has 0 spiro atoms. The molecular formula is C14H21N3O3. The van der Waals surface area contributed by atoms with Gasteiger partial charge in [0.05, 0.1) is 12.6 Å². The fourth-order valence-corrected chi connectivity index (χ4v) is 1.55. The summed E-state index contributed by atoms with van der Waals surface area (Å²) in [5.41, 5.74) is 0.669. The van der Waals surface area contributed by atoms with Gasteiger partial charge < -0.3 is 21.1 Å². The molecule has 1 aromatic carbocycles. The number of para-hydroxylation sites is 1. The molecule has 0 aliphatic carbocycles. The Morgan fingerprint density at radius 1 is 1.20 bits per heavy atom. The third-order valence-corrected chi connectivity index (χ3v) is 2.56. The zero-order valence-corrected chi connectivity index (χ0v) is 11.6. The average molecular weight is 279 g/mol. The van der Waals surface area contributed by atoms with Crippen LogP contribution in [0.4, 0.5) is 10.5 Å². The number of carbonyl (C=O) groups is 2. The second-order valence-electron chi connectivity index (χ2n) is 4.51. The molecule has 0 aliphatic heterocycles. The maximum Gasteiger partial charge on any atom is 0.319 e. The highest BCUT2D eigenvalue weighted by Crippen LogP contribution is 2.03. The van der Waals surface area contributed by atoms with E-state index in [1.54, 1.807) is 19.1 Å². The molecule has 110 valence electrons. The lowest BCUT2D eigenvalue weighted by Gasteiger charge is -2.08. The Morgan fingerprint density at radius 3 is 2.55 bits per heavy atom. The lowest BCUT2D eigenvalue weighted by Crippen LogP contribution is -2.39. The molecule has 20 heavy (non-hydrogen) atoms. The summed E-state index contributed by atoms with van der Waals surface area (Å²) < 4.78 is 0. The Hall–Kier alpha value is -2.08. The van der Waals surface area contributed by atoms with Gasteiger partial charge in [0.25, 0.3) is 0 Å². The van der Waals surface area contributed by atoms with Crippen LogP contribution in [0, 0.1) is 0 Å². The number of urea groups is 1. The van der Waals surface area contributed by atoms with Crippen molar-refractivity contribution >= 4 is 17.6 Å². The van der Waals surface area contributed by atoms with Crippen molar-refractivity contribution < 1.29 is 14.7 Å².